The molecule has 170 valence electrons. The van der Waals surface area contributed by atoms with E-state index in [9.17, 15) is 9.59 Å². The van der Waals surface area contributed by atoms with E-state index in [1.165, 1.54) is 0 Å². The van der Waals surface area contributed by atoms with Crippen molar-refractivity contribution in [1.29, 1.82) is 0 Å². The zero-order valence-electron chi connectivity index (χ0n) is 18.6. The average molecular weight is 444 g/mol. The van der Waals surface area contributed by atoms with Crippen LogP contribution < -0.4 is 16.0 Å². The molecule has 0 spiro atoms. The lowest BCUT2D eigenvalue weighted by Gasteiger charge is -2.25. The highest BCUT2D eigenvalue weighted by Crippen LogP contribution is 2.24. The fraction of sp³-hybridized carbons (Fsp3) is 0.269. The SMILES string of the molecule is NC(=O)C1CCCN1Cc1ccccc1NC(=O)CN(Cc1cccnc1)c1ccccc1. The maximum Gasteiger partial charge on any atom is 0.243 e. The standard InChI is InChI=1S/C26H29N5O2/c27-26(33)24-13-7-15-30(24)18-21-9-4-5-12-23(21)29-25(32)19-31(22-10-2-1-3-11-22)17-20-8-6-14-28-16-20/h1-6,8-12,14,16,24H,7,13,15,17-19H2,(H2,27,33)(H,29,32). The Labute approximate surface area is 194 Å². The largest absolute Gasteiger partial charge is 0.368 e. The smallest absolute Gasteiger partial charge is 0.243 e. The highest BCUT2D eigenvalue weighted by atomic mass is 16.2. The van der Waals surface area contributed by atoms with Crippen LogP contribution in [0.3, 0.4) is 0 Å². The zero-order valence-corrected chi connectivity index (χ0v) is 18.6. The van der Waals surface area contributed by atoms with Crippen LogP contribution in [-0.4, -0.2) is 40.8 Å². The summed E-state index contributed by atoms with van der Waals surface area (Å²) in [4.78, 5) is 33.2. The van der Waals surface area contributed by atoms with Gasteiger partial charge < -0.3 is 16.0 Å². The predicted octanol–water partition coefficient (Wildman–Crippen LogP) is 3.18. The molecule has 1 unspecified atom stereocenters. The molecule has 1 aliphatic rings. The number of amides is 2. The summed E-state index contributed by atoms with van der Waals surface area (Å²) in [5.74, 6) is -0.397. The van der Waals surface area contributed by atoms with Crippen molar-refractivity contribution in [3.63, 3.8) is 0 Å². The van der Waals surface area contributed by atoms with E-state index in [1.807, 2.05) is 77.8 Å². The van der Waals surface area contributed by atoms with Crippen molar-refractivity contribution in [3.05, 3.63) is 90.3 Å². The van der Waals surface area contributed by atoms with Gasteiger partial charge in [-0.1, -0.05) is 42.5 Å². The Morgan fingerprint density at radius 2 is 1.85 bits per heavy atom. The predicted molar refractivity (Wildman–Crippen MR) is 129 cm³/mol. The molecular weight excluding hydrogens is 414 g/mol. The van der Waals surface area contributed by atoms with Gasteiger partial charge in [-0.3, -0.25) is 19.5 Å². The second-order valence-corrected chi connectivity index (χ2v) is 8.29. The summed E-state index contributed by atoms with van der Waals surface area (Å²) < 4.78 is 0. The number of nitrogens with zero attached hydrogens (tertiary/aromatic N) is 3. The molecule has 7 nitrogen and oxygen atoms in total. The van der Waals surface area contributed by atoms with E-state index >= 15 is 0 Å². The molecule has 3 aromatic rings. The molecule has 1 atom stereocenters. The summed E-state index contributed by atoms with van der Waals surface area (Å²) in [5.41, 5.74) is 9.29. The average Bonchev–Trinajstić information content (AvgIpc) is 3.30. The fourth-order valence-electron chi connectivity index (χ4n) is 4.29. The number of primary amides is 1. The highest BCUT2D eigenvalue weighted by molar-refractivity contribution is 5.94. The van der Waals surface area contributed by atoms with Gasteiger partial charge in [-0.05, 0) is 54.8 Å². The van der Waals surface area contributed by atoms with Gasteiger partial charge in [0.25, 0.3) is 0 Å². The maximum atomic E-state index is 13.1. The fourth-order valence-corrected chi connectivity index (χ4v) is 4.29. The number of rotatable bonds is 9. The molecule has 1 fully saturated rings. The number of benzene rings is 2. The number of carbonyl (C=O) groups is 2. The van der Waals surface area contributed by atoms with E-state index in [4.69, 9.17) is 5.73 Å². The van der Waals surface area contributed by atoms with E-state index in [1.54, 1.807) is 6.20 Å². The van der Waals surface area contributed by atoms with E-state index in [-0.39, 0.29) is 24.4 Å². The van der Waals surface area contributed by atoms with Gasteiger partial charge in [0.1, 0.15) is 0 Å². The minimum absolute atomic E-state index is 0.108. The first-order valence-corrected chi connectivity index (χ1v) is 11.2. The second kappa shape index (κ2) is 10.7. The Morgan fingerprint density at radius 3 is 2.61 bits per heavy atom. The minimum atomic E-state index is -0.289. The molecule has 2 amide bonds. The van der Waals surface area contributed by atoms with Crippen molar-refractivity contribution in [2.75, 3.05) is 23.3 Å². The van der Waals surface area contributed by atoms with Crippen molar-refractivity contribution >= 4 is 23.2 Å². The van der Waals surface area contributed by atoms with Crippen molar-refractivity contribution in [1.82, 2.24) is 9.88 Å². The molecule has 4 rings (SSSR count). The Morgan fingerprint density at radius 1 is 1.06 bits per heavy atom. The Balaban J connectivity index is 1.47. The number of hydrogen-bond acceptors (Lipinski definition) is 5. The second-order valence-electron chi connectivity index (χ2n) is 8.29. The van der Waals surface area contributed by atoms with E-state index < -0.39 is 0 Å². The molecule has 1 aromatic heterocycles. The molecule has 1 saturated heterocycles. The van der Waals surface area contributed by atoms with Gasteiger partial charge in [-0.15, -0.1) is 0 Å². The van der Waals surface area contributed by atoms with Gasteiger partial charge >= 0.3 is 0 Å². The van der Waals surface area contributed by atoms with Crippen molar-refractivity contribution in [2.45, 2.75) is 32.0 Å². The van der Waals surface area contributed by atoms with Gasteiger partial charge in [0.15, 0.2) is 0 Å². The monoisotopic (exact) mass is 443 g/mol. The topological polar surface area (TPSA) is 91.6 Å². The first-order valence-electron chi connectivity index (χ1n) is 11.2. The normalized spacial score (nSPS) is 15.8. The molecule has 0 radical (unpaired) electrons. The zero-order chi connectivity index (χ0) is 23.0. The number of hydrogen-bond donors (Lipinski definition) is 2. The number of nitrogens with two attached hydrogens (primary N) is 1. The number of para-hydroxylation sites is 2. The van der Waals surface area contributed by atoms with Crippen LogP contribution in [0.25, 0.3) is 0 Å². The lowest BCUT2D eigenvalue weighted by Crippen LogP contribution is -2.40. The van der Waals surface area contributed by atoms with E-state index in [0.717, 1.165) is 41.9 Å². The van der Waals surface area contributed by atoms with Crippen LogP contribution in [-0.2, 0) is 22.7 Å². The molecule has 0 aliphatic carbocycles. The number of nitrogens with one attached hydrogen (secondary N) is 1. The van der Waals surface area contributed by atoms with Crippen LogP contribution in [0.2, 0.25) is 0 Å². The van der Waals surface area contributed by atoms with Gasteiger partial charge in [-0.25, -0.2) is 0 Å². The maximum absolute atomic E-state index is 13.1. The third-order valence-corrected chi connectivity index (χ3v) is 5.91. The number of likely N-dealkylation sites (tertiary alicyclic amines) is 1. The summed E-state index contributed by atoms with van der Waals surface area (Å²) in [6.45, 7) is 2.16. The minimum Gasteiger partial charge on any atom is -0.368 e. The lowest BCUT2D eigenvalue weighted by molar-refractivity contribution is -0.122. The summed E-state index contributed by atoms with van der Waals surface area (Å²) in [6, 6.07) is 21.2. The first kappa shape index (κ1) is 22.5. The Bertz CT molecular complexity index is 1070. The van der Waals surface area contributed by atoms with Crippen molar-refractivity contribution < 1.29 is 9.59 Å². The van der Waals surface area contributed by atoms with Crippen LogP contribution in [0.5, 0.6) is 0 Å². The molecule has 2 aromatic carbocycles. The quantitative estimate of drug-likeness (QED) is 0.530. The number of aromatic nitrogens is 1. The van der Waals surface area contributed by atoms with E-state index in [0.29, 0.717) is 13.1 Å². The first-order chi connectivity index (χ1) is 16.1. The number of carbonyl (C=O) groups excluding carboxylic acids is 2. The molecule has 0 bridgehead atoms. The van der Waals surface area contributed by atoms with Crippen LogP contribution in [0.1, 0.15) is 24.0 Å². The van der Waals surface area contributed by atoms with Crippen LogP contribution in [0.4, 0.5) is 11.4 Å². The van der Waals surface area contributed by atoms with Crippen LogP contribution in [0, 0.1) is 0 Å². The molecule has 3 N–H and O–H groups in total. The Hall–Kier alpha value is -3.71. The Kier molecular flexibility index (Phi) is 7.32. The molecule has 2 heterocycles. The molecular formula is C26H29N5O2. The van der Waals surface area contributed by atoms with Gasteiger partial charge in [0.2, 0.25) is 11.8 Å². The molecule has 7 heteroatoms. The number of pyridine rings is 1. The van der Waals surface area contributed by atoms with Crippen LogP contribution in [0.15, 0.2) is 79.1 Å². The van der Waals surface area contributed by atoms with Gasteiger partial charge in [-0.2, -0.15) is 0 Å². The van der Waals surface area contributed by atoms with Crippen molar-refractivity contribution in [3.8, 4) is 0 Å². The number of anilines is 2. The summed E-state index contributed by atoms with van der Waals surface area (Å²) in [5, 5.41) is 3.08. The summed E-state index contributed by atoms with van der Waals surface area (Å²) in [7, 11) is 0. The summed E-state index contributed by atoms with van der Waals surface area (Å²) >= 11 is 0. The van der Waals surface area contributed by atoms with Crippen LogP contribution >= 0.6 is 0 Å². The molecule has 33 heavy (non-hydrogen) atoms. The third-order valence-electron chi connectivity index (χ3n) is 5.91. The van der Waals surface area contributed by atoms with Gasteiger partial charge in [0, 0.05) is 36.9 Å². The lowest BCUT2D eigenvalue weighted by atomic mass is 10.1. The van der Waals surface area contributed by atoms with Gasteiger partial charge in [0.05, 0.1) is 12.6 Å². The molecule has 0 saturated carbocycles. The van der Waals surface area contributed by atoms with Crippen molar-refractivity contribution in [2.24, 2.45) is 5.73 Å². The highest BCUT2D eigenvalue weighted by Gasteiger charge is 2.29. The molecule has 1 aliphatic heterocycles. The third kappa shape index (κ3) is 5.96. The summed E-state index contributed by atoms with van der Waals surface area (Å²) in [6.07, 6.45) is 5.28. The van der Waals surface area contributed by atoms with E-state index in [2.05, 4.69) is 15.2 Å².